The molecule has 0 unspecified atom stereocenters. The second-order valence-corrected chi connectivity index (χ2v) is 9.69. The highest BCUT2D eigenvalue weighted by atomic mass is 16.7. The number of rotatable bonds is 26. The van der Waals surface area contributed by atoms with Crippen LogP contribution >= 0.6 is 0 Å². The standard InChI is InChI=1S/C32H58O3/c1-3-5-7-9-11-13-15-16-17-18-19-21-23-25-27-29-31-35-32(33)34-30-28-26-24-22-20-14-12-10-8-6-4-2/h5,7,11,13,16-17H,3-4,6,8-10,12,14-15,18-31H2,1-2H3. The lowest BCUT2D eigenvalue weighted by Crippen LogP contribution is -2.09. The largest absolute Gasteiger partial charge is 0.508 e. The molecule has 0 spiro atoms. The summed E-state index contributed by atoms with van der Waals surface area (Å²) in [6.45, 7) is 5.41. The average molecular weight is 491 g/mol. The molecule has 3 nitrogen and oxygen atoms in total. The van der Waals surface area contributed by atoms with E-state index in [1.807, 2.05) is 0 Å². The van der Waals surface area contributed by atoms with Crippen LogP contribution in [-0.4, -0.2) is 19.4 Å². The number of ether oxygens (including phenoxy) is 2. The SMILES string of the molecule is CCC=CCC=CCC=CCCCCCCCCOC(=O)OCCCCCCCCCCCCC. The summed E-state index contributed by atoms with van der Waals surface area (Å²) in [6.07, 6.45) is 38.8. The zero-order valence-corrected chi connectivity index (χ0v) is 23.5. The Balaban J connectivity index is 3.24. The van der Waals surface area contributed by atoms with Gasteiger partial charge in [-0.1, -0.05) is 140 Å². The van der Waals surface area contributed by atoms with Gasteiger partial charge in [-0.3, -0.25) is 0 Å². The number of hydrogen-bond acceptors (Lipinski definition) is 3. The Bertz CT molecular complexity index is 507. The zero-order chi connectivity index (χ0) is 25.5. The molecule has 0 aromatic heterocycles. The van der Waals surface area contributed by atoms with Crippen LogP contribution in [0.15, 0.2) is 36.5 Å². The Morgan fingerprint density at radius 1 is 0.486 bits per heavy atom. The van der Waals surface area contributed by atoms with Crippen molar-refractivity contribution in [3.05, 3.63) is 36.5 Å². The number of unbranched alkanes of at least 4 members (excludes halogenated alkanes) is 16. The third-order valence-corrected chi connectivity index (χ3v) is 6.23. The van der Waals surface area contributed by atoms with Crippen LogP contribution in [0.4, 0.5) is 4.79 Å². The first-order valence-corrected chi connectivity index (χ1v) is 15.1. The fourth-order valence-corrected chi connectivity index (χ4v) is 4.02. The Morgan fingerprint density at radius 3 is 1.37 bits per heavy atom. The first-order chi connectivity index (χ1) is 17.3. The molecule has 0 bridgehead atoms. The second kappa shape index (κ2) is 30.5. The van der Waals surface area contributed by atoms with Gasteiger partial charge >= 0.3 is 6.16 Å². The molecule has 35 heavy (non-hydrogen) atoms. The summed E-state index contributed by atoms with van der Waals surface area (Å²) in [6, 6.07) is 0. The number of allylic oxidation sites excluding steroid dienone is 6. The fourth-order valence-electron chi connectivity index (χ4n) is 4.02. The minimum Gasteiger partial charge on any atom is -0.434 e. The van der Waals surface area contributed by atoms with Crippen LogP contribution in [0.3, 0.4) is 0 Å². The Labute approximate surface area is 218 Å². The van der Waals surface area contributed by atoms with Crippen LogP contribution in [0.1, 0.15) is 149 Å². The van der Waals surface area contributed by atoms with Gasteiger partial charge in [-0.25, -0.2) is 4.79 Å². The van der Waals surface area contributed by atoms with E-state index in [1.165, 1.54) is 89.9 Å². The second-order valence-electron chi connectivity index (χ2n) is 9.69. The van der Waals surface area contributed by atoms with Crippen molar-refractivity contribution in [2.24, 2.45) is 0 Å². The number of carbonyl (C=O) groups is 1. The van der Waals surface area contributed by atoms with Crippen molar-refractivity contribution in [3.8, 4) is 0 Å². The molecule has 0 aliphatic carbocycles. The first-order valence-electron chi connectivity index (χ1n) is 15.1. The minimum absolute atomic E-state index is 0.488. The van der Waals surface area contributed by atoms with Crippen molar-refractivity contribution in [3.63, 3.8) is 0 Å². The van der Waals surface area contributed by atoms with Crippen molar-refractivity contribution in [2.45, 2.75) is 149 Å². The molecule has 0 saturated carbocycles. The van der Waals surface area contributed by atoms with Gasteiger partial charge in [-0.15, -0.1) is 0 Å². The molecule has 0 aromatic carbocycles. The van der Waals surface area contributed by atoms with E-state index >= 15 is 0 Å². The van der Waals surface area contributed by atoms with Gasteiger partial charge in [0.1, 0.15) is 0 Å². The van der Waals surface area contributed by atoms with Crippen LogP contribution in [0.25, 0.3) is 0 Å². The molecule has 204 valence electrons. The van der Waals surface area contributed by atoms with Gasteiger partial charge in [0, 0.05) is 0 Å². The normalized spacial score (nSPS) is 11.8. The summed E-state index contributed by atoms with van der Waals surface area (Å²) in [5.74, 6) is 0. The van der Waals surface area contributed by atoms with E-state index < -0.39 is 6.16 Å². The zero-order valence-electron chi connectivity index (χ0n) is 23.5. The lowest BCUT2D eigenvalue weighted by atomic mass is 10.1. The molecule has 0 aliphatic heterocycles. The van der Waals surface area contributed by atoms with Gasteiger partial charge in [-0.05, 0) is 44.9 Å². The van der Waals surface area contributed by atoms with Gasteiger partial charge in [0.05, 0.1) is 13.2 Å². The van der Waals surface area contributed by atoms with Gasteiger partial charge in [0.25, 0.3) is 0 Å². The number of carbonyl (C=O) groups excluding carboxylic acids is 1. The molecule has 0 radical (unpaired) electrons. The summed E-state index contributed by atoms with van der Waals surface area (Å²) in [5.41, 5.74) is 0. The predicted octanol–water partition coefficient (Wildman–Crippen LogP) is 11.0. The Morgan fingerprint density at radius 2 is 0.886 bits per heavy atom. The van der Waals surface area contributed by atoms with Gasteiger partial charge < -0.3 is 9.47 Å². The van der Waals surface area contributed by atoms with E-state index in [0.29, 0.717) is 13.2 Å². The van der Waals surface area contributed by atoms with E-state index in [1.54, 1.807) is 0 Å². The van der Waals surface area contributed by atoms with Crippen LogP contribution in [0, 0.1) is 0 Å². The highest BCUT2D eigenvalue weighted by Gasteiger charge is 2.03. The van der Waals surface area contributed by atoms with E-state index in [0.717, 1.165) is 44.9 Å². The lowest BCUT2D eigenvalue weighted by molar-refractivity contribution is 0.0529. The van der Waals surface area contributed by atoms with E-state index in [4.69, 9.17) is 9.47 Å². The average Bonchev–Trinajstić information content (AvgIpc) is 2.86. The molecule has 0 rings (SSSR count). The molecule has 0 saturated heterocycles. The molecular formula is C32H58O3. The van der Waals surface area contributed by atoms with E-state index in [-0.39, 0.29) is 0 Å². The molecule has 0 amide bonds. The predicted molar refractivity (Wildman–Crippen MR) is 153 cm³/mol. The summed E-state index contributed by atoms with van der Waals surface area (Å²) < 4.78 is 10.4. The van der Waals surface area contributed by atoms with Crippen LogP contribution in [-0.2, 0) is 9.47 Å². The van der Waals surface area contributed by atoms with Crippen LogP contribution in [0.2, 0.25) is 0 Å². The van der Waals surface area contributed by atoms with Crippen LogP contribution < -0.4 is 0 Å². The third kappa shape index (κ3) is 30.5. The van der Waals surface area contributed by atoms with Crippen molar-refractivity contribution >= 4 is 6.16 Å². The highest BCUT2D eigenvalue weighted by Crippen LogP contribution is 2.11. The maximum Gasteiger partial charge on any atom is 0.508 e. The molecule has 0 aliphatic rings. The highest BCUT2D eigenvalue weighted by molar-refractivity contribution is 5.59. The summed E-state index contributed by atoms with van der Waals surface area (Å²) in [7, 11) is 0. The fraction of sp³-hybridized carbons (Fsp3) is 0.781. The molecule has 0 fully saturated rings. The molecule has 0 heterocycles. The van der Waals surface area contributed by atoms with E-state index in [9.17, 15) is 4.79 Å². The van der Waals surface area contributed by atoms with Crippen molar-refractivity contribution in [1.82, 2.24) is 0 Å². The summed E-state index contributed by atoms with van der Waals surface area (Å²) >= 11 is 0. The summed E-state index contributed by atoms with van der Waals surface area (Å²) in [5, 5.41) is 0. The molecule has 3 heteroatoms. The molecular weight excluding hydrogens is 432 g/mol. The third-order valence-electron chi connectivity index (χ3n) is 6.23. The van der Waals surface area contributed by atoms with E-state index in [2.05, 4.69) is 50.3 Å². The molecule has 0 N–H and O–H groups in total. The first kappa shape index (κ1) is 33.5. The smallest absolute Gasteiger partial charge is 0.434 e. The quantitative estimate of drug-likeness (QED) is 0.0687. The minimum atomic E-state index is -0.490. The molecule has 0 atom stereocenters. The monoisotopic (exact) mass is 490 g/mol. The van der Waals surface area contributed by atoms with Gasteiger partial charge in [0.2, 0.25) is 0 Å². The number of hydrogen-bond donors (Lipinski definition) is 0. The van der Waals surface area contributed by atoms with Crippen molar-refractivity contribution < 1.29 is 14.3 Å². The van der Waals surface area contributed by atoms with Gasteiger partial charge in [-0.2, -0.15) is 0 Å². The lowest BCUT2D eigenvalue weighted by Gasteiger charge is -2.06. The Hall–Kier alpha value is -1.51. The topological polar surface area (TPSA) is 35.5 Å². The Kier molecular flexibility index (Phi) is 29.2. The van der Waals surface area contributed by atoms with Crippen molar-refractivity contribution in [1.29, 1.82) is 0 Å². The van der Waals surface area contributed by atoms with Crippen molar-refractivity contribution in [2.75, 3.05) is 13.2 Å². The van der Waals surface area contributed by atoms with Gasteiger partial charge in [0.15, 0.2) is 0 Å². The maximum atomic E-state index is 11.6. The maximum absolute atomic E-state index is 11.6. The van der Waals surface area contributed by atoms with Crippen LogP contribution in [0.5, 0.6) is 0 Å². The molecule has 0 aromatic rings. The summed E-state index contributed by atoms with van der Waals surface area (Å²) in [4.78, 5) is 11.6.